The summed E-state index contributed by atoms with van der Waals surface area (Å²) < 4.78 is 46.8. The molecule has 0 spiro atoms. The smallest absolute Gasteiger partial charge is 0.416 e. The molecule has 0 amide bonds. The fourth-order valence-corrected chi connectivity index (χ4v) is 2.69. The molecular weight excluding hydrogens is 279 g/mol. The van der Waals surface area contributed by atoms with Crippen LogP contribution in [0.1, 0.15) is 43.0 Å². The van der Waals surface area contributed by atoms with Crippen LogP contribution in [0, 0.1) is 6.92 Å². The van der Waals surface area contributed by atoms with Gasteiger partial charge in [-0.2, -0.15) is 17.7 Å². The molecular formula is C16H21F3NO+. The largest absolute Gasteiger partial charge is 0.437 e. The maximum atomic E-state index is 13.0. The van der Waals surface area contributed by atoms with Crippen molar-refractivity contribution in [1.82, 2.24) is 0 Å². The summed E-state index contributed by atoms with van der Waals surface area (Å²) >= 11 is 0. The predicted octanol–water partition coefficient (Wildman–Crippen LogP) is 3.77. The van der Waals surface area contributed by atoms with E-state index in [9.17, 15) is 13.2 Å². The van der Waals surface area contributed by atoms with Gasteiger partial charge in [-0.3, -0.25) is 0 Å². The van der Waals surface area contributed by atoms with Crippen molar-refractivity contribution in [3.8, 4) is 0 Å². The molecule has 21 heavy (non-hydrogen) atoms. The number of hydrogen-bond acceptors (Lipinski definition) is 1. The summed E-state index contributed by atoms with van der Waals surface area (Å²) in [5.74, 6) is 0.661. The third kappa shape index (κ3) is 2.65. The van der Waals surface area contributed by atoms with Crippen molar-refractivity contribution in [3.05, 3.63) is 34.4 Å². The second-order valence-electron chi connectivity index (χ2n) is 6.08. The molecule has 1 aromatic carbocycles. The van der Waals surface area contributed by atoms with Gasteiger partial charge in [-0.15, -0.1) is 0 Å². The van der Waals surface area contributed by atoms with Crippen molar-refractivity contribution in [2.75, 3.05) is 13.7 Å². The van der Waals surface area contributed by atoms with Gasteiger partial charge in [-0.05, 0) is 36.6 Å². The minimum atomic E-state index is -4.32. The van der Waals surface area contributed by atoms with Crippen molar-refractivity contribution in [2.45, 2.75) is 45.8 Å². The first-order valence-corrected chi connectivity index (χ1v) is 7.03. The molecule has 0 bridgehead atoms. The van der Waals surface area contributed by atoms with Gasteiger partial charge >= 0.3 is 12.1 Å². The van der Waals surface area contributed by atoms with Gasteiger partial charge in [0.15, 0.2) is 12.1 Å². The summed E-state index contributed by atoms with van der Waals surface area (Å²) in [7, 11) is 1.91. The fraction of sp³-hybridized carbons (Fsp3) is 0.562. The quantitative estimate of drug-likeness (QED) is 0.757. The van der Waals surface area contributed by atoms with Gasteiger partial charge in [0.25, 0.3) is 0 Å². The maximum Gasteiger partial charge on any atom is 0.416 e. The standard InChI is InChI=1S/C16H21F3NO/c1-6-11-10(2)13(16(17,18)19)8-7-12(11)14-20(5)15(3,4)9-21-14/h7-8H,6,9H2,1-5H3/q+1. The first kappa shape index (κ1) is 15.9. The molecule has 1 heterocycles. The molecule has 0 aliphatic carbocycles. The Morgan fingerprint density at radius 3 is 2.33 bits per heavy atom. The van der Waals surface area contributed by atoms with Crippen LogP contribution in [0.2, 0.25) is 0 Å². The van der Waals surface area contributed by atoms with E-state index in [-0.39, 0.29) is 11.1 Å². The van der Waals surface area contributed by atoms with Crippen LogP contribution in [0.25, 0.3) is 0 Å². The molecule has 0 N–H and O–H groups in total. The molecule has 1 aliphatic rings. The molecule has 1 aliphatic heterocycles. The predicted molar refractivity (Wildman–Crippen MR) is 75.9 cm³/mol. The highest BCUT2D eigenvalue weighted by atomic mass is 19.4. The number of alkyl halides is 3. The van der Waals surface area contributed by atoms with Gasteiger partial charge in [0.05, 0.1) is 11.1 Å². The summed E-state index contributed by atoms with van der Waals surface area (Å²) in [4.78, 5) is 0. The van der Waals surface area contributed by atoms with Crippen molar-refractivity contribution in [3.63, 3.8) is 0 Å². The van der Waals surface area contributed by atoms with Crippen molar-refractivity contribution in [2.24, 2.45) is 0 Å². The molecule has 116 valence electrons. The molecule has 5 heteroatoms. The van der Waals surface area contributed by atoms with Gasteiger partial charge in [-0.25, -0.2) is 0 Å². The minimum absolute atomic E-state index is 0.156. The lowest BCUT2D eigenvalue weighted by atomic mass is 9.94. The normalized spacial score (nSPS) is 18.1. The van der Waals surface area contributed by atoms with Crippen LogP contribution in [-0.4, -0.2) is 29.7 Å². The van der Waals surface area contributed by atoms with E-state index in [1.165, 1.54) is 13.0 Å². The van der Waals surface area contributed by atoms with E-state index in [4.69, 9.17) is 4.74 Å². The number of likely N-dealkylation sites (N-methyl/N-ethyl adjacent to an activating group) is 1. The highest BCUT2D eigenvalue weighted by Crippen LogP contribution is 2.35. The Balaban J connectivity index is 2.63. The SMILES string of the molecule is CCc1c(C2=[N+](C)C(C)(C)CO2)ccc(C(F)(F)F)c1C. The summed E-state index contributed by atoms with van der Waals surface area (Å²) in [6.45, 7) is 8.02. The number of nitrogens with zero attached hydrogens (tertiary/aromatic N) is 1. The lowest BCUT2D eigenvalue weighted by Crippen LogP contribution is -2.33. The zero-order chi connectivity index (χ0) is 16.0. The van der Waals surface area contributed by atoms with Crippen LogP contribution < -0.4 is 0 Å². The molecule has 1 aromatic rings. The van der Waals surface area contributed by atoms with Crippen LogP contribution in [0.5, 0.6) is 0 Å². The first-order chi connectivity index (χ1) is 9.59. The van der Waals surface area contributed by atoms with E-state index in [0.29, 0.717) is 24.5 Å². The van der Waals surface area contributed by atoms with Gasteiger partial charge in [-0.1, -0.05) is 6.92 Å². The summed E-state index contributed by atoms with van der Waals surface area (Å²) in [5, 5.41) is 0. The van der Waals surface area contributed by atoms with E-state index in [2.05, 4.69) is 0 Å². The van der Waals surface area contributed by atoms with Gasteiger partial charge in [0, 0.05) is 13.8 Å². The highest BCUT2D eigenvalue weighted by Gasteiger charge is 2.42. The molecule has 0 saturated heterocycles. The van der Waals surface area contributed by atoms with Crippen molar-refractivity contribution in [1.29, 1.82) is 0 Å². The Morgan fingerprint density at radius 2 is 1.90 bits per heavy atom. The Bertz CT molecular complexity index is 600. The van der Waals surface area contributed by atoms with Crippen LogP contribution >= 0.6 is 0 Å². The molecule has 2 nitrogen and oxygen atoms in total. The van der Waals surface area contributed by atoms with Gasteiger partial charge in [0.2, 0.25) is 0 Å². The third-order valence-electron chi connectivity index (χ3n) is 4.26. The van der Waals surface area contributed by atoms with E-state index >= 15 is 0 Å². The highest BCUT2D eigenvalue weighted by molar-refractivity contribution is 5.93. The molecule has 0 unspecified atom stereocenters. The van der Waals surface area contributed by atoms with Crippen LogP contribution in [0.3, 0.4) is 0 Å². The van der Waals surface area contributed by atoms with E-state index in [0.717, 1.165) is 11.6 Å². The molecule has 0 saturated carbocycles. The summed E-state index contributed by atoms with van der Waals surface area (Å²) in [5.41, 5.74) is 1.03. The summed E-state index contributed by atoms with van der Waals surface area (Å²) in [6, 6.07) is 2.68. The first-order valence-electron chi connectivity index (χ1n) is 7.03. The number of halogens is 3. The van der Waals surface area contributed by atoms with E-state index < -0.39 is 11.7 Å². The Morgan fingerprint density at radius 1 is 1.29 bits per heavy atom. The molecule has 2 rings (SSSR count). The Labute approximate surface area is 123 Å². The van der Waals surface area contributed by atoms with E-state index in [1.54, 1.807) is 0 Å². The average Bonchev–Trinajstić information content (AvgIpc) is 2.62. The molecule has 0 aromatic heterocycles. The van der Waals surface area contributed by atoms with Crippen LogP contribution in [0.4, 0.5) is 13.2 Å². The molecule has 0 fully saturated rings. The lowest BCUT2D eigenvalue weighted by molar-refractivity contribution is -0.562. The number of hydrogen-bond donors (Lipinski definition) is 0. The minimum Gasteiger partial charge on any atom is -0.437 e. The average molecular weight is 300 g/mol. The van der Waals surface area contributed by atoms with E-state index in [1.807, 2.05) is 32.4 Å². The molecule has 0 radical (unpaired) electrons. The van der Waals surface area contributed by atoms with Crippen LogP contribution in [-0.2, 0) is 17.3 Å². The third-order valence-corrected chi connectivity index (χ3v) is 4.26. The van der Waals surface area contributed by atoms with Crippen LogP contribution in [0.15, 0.2) is 12.1 Å². The van der Waals surface area contributed by atoms with Crippen molar-refractivity contribution >= 4 is 5.90 Å². The summed E-state index contributed by atoms with van der Waals surface area (Å²) in [6.07, 6.45) is -3.79. The maximum absolute atomic E-state index is 13.0. The number of benzene rings is 1. The zero-order valence-corrected chi connectivity index (χ0v) is 13.1. The second-order valence-corrected chi connectivity index (χ2v) is 6.08. The molecule has 0 atom stereocenters. The lowest BCUT2D eigenvalue weighted by Gasteiger charge is -2.16. The van der Waals surface area contributed by atoms with Gasteiger partial charge in [0.1, 0.15) is 7.05 Å². The Kier molecular flexibility index (Phi) is 3.80. The fourth-order valence-electron chi connectivity index (χ4n) is 2.69. The Hall–Kier alpha value is -1.52. The van der Waals surface area contributed by atoms with Gasteiger partial charge < -0.3 is 4.74 Å². The second kappa shape index (κ2) is 5.04. The number of rotatable bonds is 2. The topological polar surface area (TPSA) is 12.2 Å². The monoisotopic (exact) mass is 300 g/mol. The van der Waals surface area contributed by atoms with Crippen molar-refractivity contribution < 1.29 is 22.5 Å². The zero-order valence-electron chi connectivity index (χ0n) is 13.1. The number of ether oxygens (including phenoxy) is 1.